The second kappa shape index (κ2) is 6.27. The molecule has 0 unspecified atom stereocenters. The van der Waals surface area contributed by atoms with Crippen LogP contribution in [0, 0.1) is 11.6 Å². The number of aromatic nitrogens is 2. The third-order valence-electron chi connectivity index (χ3n) is 2.72. The van der Waals surface area contributed by atoms with Gasteiger partial charge in [-0.1, -0.05) is 13.0 Å². The van der Waals surface area contributed by atoms with Gasteiger partial charge in [-0.25, -0.2) is 18.7 Å². The Kier molecular flexibility index (Phi) is 4.45. The van der Waals surface area contributed by atoms with E-state index in [1.54, 1.807) is 13.1 Å². The molecule has 0 radical (unpaired) electrons. The second-order valence-corrected chi connectivity index (χ2v) is 4.28. The molecular weight excluding hydrogens is 262 g/mol. The fourth-order valence-corrected chi connectivity index (χ4v) is 1.76. The maximum Gasteiger partial charge on any atom is 0.182 e. The molecule has 1 aromatic carbocycles. The minimum absolute atomic E-state index is 0.0493. The summed E-state index contributed by atoms with van der Waals surface area (Å²) < 4.78 is 26.8. The van der Waals surface area contributed by atoms with Crippen LogP contribution >= 0.6 is 0 Å². The van der Waals surface area contributed by atoms with Gasteiger partial charge in [-0.2, -0.15) is 0 Å². The Morgan fingerprint density at radius 3 is 2.60 bits per heavy atom. The topological polar surface area (TPSA) is 49.8 Å². The number of nitrogens with one attached hydrogen (secondary N) is 2. The SMILES string of the molecule is CCCc1nc(NC)cc(Nc2cccc(F)c2F)n1. The zero-order valence-electron chi connectivity index (χ0n) is 11.4. The summed E-state index contributed by atoms with van der Waals surface area (Å²) >= 11 is 0. The van der Waals surface area contributed by atoms with Gasteiger partial charge in [0.2, 0.25) is 0 Å². The highest BCUT2D eigenvalue weighted by Gasteiger charge is 2.09. The predicted molar refractivity (Wildman–Crippen MR) is 75.2 cm³/mol. The minimum atomic E-state index is -0.922. The van der Waals surface area contributed by atoms with Crippen molar-refractivity contribution in [2.24, 2.45) is 0 Å². The molecule has 1 aromatic heterocycles. The zero-order valence-corrected chi connectivity index (χ0v) is 11.4. The molecule has 2 N–H and O–H groups in total. The Balaban J connectivity index is 2.32. The van der Waals surface area contributed by atoms with E-state index in [1.165, 1.54) is 12.1 Å². The van der Waals surface area contributed by atoms with Gasteiger partial charge >= 0.3 is 0 Å². The number of anilines is 3. The summed E-state index contributed by atoms with van der Waals surface area (Å²) in [7, 11) is 1.74. The molecule has 0 atom stereocenters. The molecule has 0 bridgehead atoms. The summed E-state index contributed by atoms with van der Waals surface area (Å²) in [6.45, 7) is 2.02. The second-order valence-electron chi connectivity index (χ2n) is 4.28. The molecule has 0 spiro atoms. The van der Waals surface area contributed by atoms with Crippen molar-refractivity contribution in [1.29, 1.82) is 0 Å². The Morgan fingerprint density at radius 2 is 1.90 bits per heavy atom. The fraction of sp³-hybridized carbons (Fsp3) is 0.286. The van der Waals surface area contributed by atoms with Crippen LogP contribution in [0.25, 0.3) is 0 Å². The first-order valence-electron chi connectivity index (χ1n) is 6.40. The molecule has 0 fully saturated rings. The van der Waals surface area contributed by atoms with Crippen LogP contribution in [0.15, 0.2) is 24.3 Å². The first kappa shape index (κ1) is 14.2. The molecule has 0 aliphatic heterocycles. The van der Waals surface area contributed by atoms with Crippen LogP contribution in [0.4, 0.5) is 26.1 Å². The van der Waals surface area contributed by atoms with Gasteiger partial charge in [0.05, 0.1) is 5.69 Å². The number of benzene rings is 1. The minimum Gasteiger partial charge on any atom is -0.373 e. The third-order valence-corrected chi connectivity index (χ3v) is 2.72. The van der Waals surface area contributed by atoms with E-state index in [9.17, 15) is 8.78 Å². The number of rotatable bonds is 5. The van der Waals surface area contributed by atoms with Gasteiger partial charge in [0.15, 0.2) is 11.6 Å². The summed E-state index contributed by atoms with van der Waals surface area (Å²) in [6, 6.07) is 5.61. The number of hydrogen-bond donors (Lipinski definition) is 2. The van der Waals surface area contributed by atoms with E-state index in [0.29, 0.717) is 17.5 Å². The van der Waals surface area contributed by atoms with Gasteiger partial charge in [-0.15, -0.1) is 0 Å². The van der Waals surface area contributed by atoms with Crippen molar-refractivity contribution < 1.29 is 8.78 Å². The van der Waals surface area contributed by atoms with Gasteiger partial charge in [0, 0.05) is 19.5 Å². The van der Waals surface area contributed by atoms with Crippen molar-refractivity contribution in [3.8, 4) is 0 Å². The maximum absolute atomic E-state index is 13.6. The summed E-state index contributed by atoms with van der Waals surface area (Å²) in [6.07, 6.45) is 1.62. The van der Waals surface area contributed by atoms with E-state index < -0.39 is 11.6 Å². The van der Waals surface area contributed by atoms with E-state index in [0.717, 1.165) is 18.9 Å². The van der Waals surface area contributed by atoms with Gasteiger partial charge in [-0.3, -0.25) is 0 Å². The Bertz CT molecular complexity index is 602. The third kappa shape index (κ3) is 3.20. The quantitative estimate of drug-likeness (QED) is 0.879. The highest BCUT2D eigenvalue weighted by atomic mass is 19.2. The average molecular weight is 278 g/mol. The van der Waals surface area contributed by atoms with Crippen LogP contribution in [0.3, 0.4) is 0 Å². The molecule has 2 aromatic rings. The van der Waals surface area contributed by atoms with Crippen LogP contribution in [-0.4, -0.2) is 17.0 Å². The lowest BCUT2D eigenvalue weighted by Gasteiger charge is -2.10. The standard InChI is InChI=1S/C14H16F2N4/c1-3-5-11-19-12(17-2)8-13(20-11)18-10-7-4-6-9(15)14(10)16/h4,6-8H,3,5H2,1-2H3,(H2,17,18,19,20). The summed E-state index contributed by atoms with van der Waals surface area (Å²) in [5, 5.41) is 5.70. The smallest absolute Gasteiger partial charge is 0.182 e. The molecule has 20 heavy (non-hydrogen) atoms. The molecule has 0 saturated heterocycles. The molecule has 0 aliphatic rings. The van der Waals surface area contributed by atoms with E-state index in [2.05, 4.69) is 20.6 Å². The Hall–Kier alpha value is -2.24. The highest BCUT2D eigenvalue weighted by Crippen LogP contribution is 2.22. The van der Waals surface area contributed by atoms with Crippen LogP contribution in [0.1, 0.15) is 19.2 Å². The molecule has 4 nitrogen and oxygen atoms in total. The summed E-state index contributed by atoms with van der Waals surface area (Å²) in [4.78, 5) is 8.58. The van der Waals surface area contributed by atoms with Gasteiger partial charge in [0.25, 0.3) is 0 Å². The fourth-order valence-electron chi connectivity index (χ4n) is 1.76. The molecule has 0 aliphatic carbocycles. The lowest BCUT2D eigenvalue weighted by molar-refractivity contribution is 0.511. The molecular formula is C14H16F2N4. The molecule has 106 valence electrons. The van der Waals surface area contributed by atoms with Gasteiger partial charge < -0.3 is 10.6 Å². The lowest BCUT2D eigenvalue weighted by Crippen LogP contribution is -2.05. The van der Waals surface area contributed by atoms with Crippen molar-refractivity contribution in [1.82, 2.24) is 9.97 Å². The Morgan fingerprint density at radius 1 is 1.15 bits per heavy atom. The van der Waals surface area contributed by atoms with E-state index >= 15 is 0 Å². The van der Waals surface area contributed by atoms with Crippen LogP contribution < -0.4 is 10.6 Å². The van der Waals surface area contributed by atoms with Crippen molar-refractivity contribution >= 4 is 17.3 Å². The molecule has 0 saturated carbocycles. The average Bonchev–Trinajstić information content (AvgIpc) is 2.44. The number of nitrogens with zero attached hydrogens (tertiary/aromatic N) is 2. The zero-order chi connectivity index (χ0) is 14.5. The summed E-state index contributed by atoms with van der Waals surface area (Å²) in [5.41, 5.74) is 0.0493. The van der Waals surface area contributed by atoms with Crippen molar-refractivity contribution in [2.45, 2.75) is 19.8 Å². The number of aryl methyl sites for hydroxylation is 1. The number of hydrogen-bond acceptors (Lipinski definition) is 4. The van der Waals surface area contributed by atoms with Gasteiger partial charge in [-0.05, 0) is 18.6 Å². The Labute approximate surface area is 116 Å². The highest BCUT2D eigenvalue weighted by molar-refractivity contribution is 5.59. The van der Waals surface area contributed by atoms with Crippen molar-refractivity contribution in [3.05, 3.63) is 41.7 Å². The van der Waals surface area contributed by atoms with Crippen molar-refractivity contribution in [3.63, 3.8) is 0 Å². The lowest BCUT2D eigenvalue weighted by atomic mass is 10.3. The van der Waals surface area contributed by atoms with Crippen molar-refractivity contribution in [2.75, 3.05) is 17.7 Å². The predicted octanol–water partition coefficient (Wildman–Crippen LogP) is 3.49. The van der Waals surface area contributed by atoms with E-state index in [1.807, 2.05) is 6.92 Å². The molecule has 1 heterocycles. The van der Waals surface area contributed by atoms with Crippen LogP contribution in [0.5, 0.6) is 0 Å². The monoisotopic (exact) mass is 278 g/mol. The van der Waals surface area contributed by atoms with Crippen LogP contribution in [-0.2, 0) is 6.42 Å². The largest absolute Gasteiger partial charge is 0.373 e. The number of halogens is 2. The molecule has 2 rings (SSSR count). The molecule has 0 amide bonds. The molecule has 6 heteroatoms. The first-order valence-corrected chi connectivity index (χ1v) is 6.40. The first-order chi connectivity index (χ1) is 9.63. The van der Waals surface area contributed by atoms with E-state index in [-0.39, 0.29) is 5.69 Å². The van der Waals surface area contributed by atoms with Crippen LogP contribution in [0.2, 0.25) is 0 Å². The maximum atomic E-state index is 13.6. The van der Waals surface area contributed by atoms with E-state index in [4.69, 9.17) is 0 Å². The normalized spacial score (nSPS) is 10.4. The summed E-state index contributed by atoms with van der Waals surface area (Å²) in [5.74, 6) is -0.112. The van der Waals surface area contributed by atoms with Gasteiger partial charge in [0.1, 0.15) is 17.5 Å².